The van der Waals surface area contributed by atoms with E-state index in [1.165, 1.54) is 16.5 Å². The quantitative estimate of drug-likeness (QED) is 0.312. The van der Waals surface area contributed by atoms with E-state index in [-0.39, 0.29) is 10.6 Å². The summed E-state index contributed by atoms with van der Waals surface area (Å²) in [6.45, 7) is 5.37. The third-order valence-corrected chi connectivity index (χ3v) is 5.30. The van der Waals surface area contributed by atoms with Crippen molar-refractivity contribution >= 4 is 28.5 Å². The van der Waals surface area contributed by atoms with Crippen molar-refractivity contribution in [1.82, 2.24) is 14.8 Å². The number of H-pyrrole nitrogens is 1. The summed E-state index contributed by atoms with van der Waals surface area (Å²) in [6.07, 6.45) is 2.10. The lowest BCUT2D eigenvalue weighted by molar-refractivity contribution is -0.385. The summed E-state index contributed by atoms with van der Waals surface area (Å²) in [7, 11) is 0. The van der Waals surface area contributed by atoms with Crippen molar-refractivity contribution < 1.29 is 24.7 Å². The van der Waals surface area contributed by atoms with Crippen LogP contribution in [0.1, 0.15) is 11.1 Å². The fourth-order valence-electron chi connectivity index (χ4n) is 3.67. The summed E-state index contributed by atoms with van der Waals surface area (Å²) in [5.41, 5.74) is 3.52. The zero-order valence-corrected chi connectivity index (χ0v) is 17.3. The maximum absolute atomic E-state index is 11.2. The van der Waals surface area contributed by atoms with Crippen LogP contribution >= 0.6 is 0 Å². The van der Waals surface area contributed by atoms with Gasteiger partial charge < -0.3 is 15.2 Å². The number of fused-ring (bicyclic) bond motifs is 1. The summed E-state index contributed by atoms with van der Waals surface area (Å²) < 4.78 is 0. The molecule has 10 nitrogen and oxygen atoms in total. The molecule has 0 spiro atoms. The van der Waals surface area contributed by atoms with Gasteiger partial charge >= 0.3 is 11.9 Å². The van der Waals surface area contributed by atoms with Gasteiger partial charge in [-0.15, -0.1) is 0 Å². The van der Waals surface area contributed by atoms with E-state index in [2.05, 4.69) is 39.2 Å². The Morgan fingerprint density at radius 1 is 0.875 bits per heavy atom. The number of benzene rings is 2. The number of hydrogen-bond donors (Lipinski definition) is 3. The van der Waals surface area contributed by atoms with Crippen molar-refractivity contribution in [1.29, 1.82) is 0 Å². The van der Waals surface area contributed by atoms with Gasteiger partial charge in [-0.3, -0.25) is 19.9 Å². The molecule has 1 fully saturated rings. The number of aliphatic carboxylic acids is 2. The molecule has 0 saturated carbocycles. The van der Waals surface area contributed by atoms with Crippen LogP contribution in [-0.2, 0) is 22.7 Å². The second-order valence-corrected chi connectivity index (χ2v) is 7.41. The van der Waals surface area contributed by atoms with Crippen LogP contribution in [0.25, 0.3) is 10.9 Å². The maximum Gasteiger partial charge on any atom is 0.414 e. The van der Waals surface area contributed by atoms with Gasteiger partial charge in [0.05, 0.1) is 4.92 Å². The van der Waals surface area contributed by atoms with Crippen LogP contribution < -0.4 is 0 Å². The predicted molar refractivity (Wildman–Crippen MR) is 117 cm³/mol. The Morgan fingerprint density at radius 3 is 2.00 bits per heavy atom. The molecule has 32 heavy (non-hydrogen) atoms. The molecule has 168 valence electrons. The average molecular weight is 440 g/mol. The largest absolute Gasteiger partial charge is 0.473 e. The zero-order valence-electron chi connectivity index (χ0n) is 17.3. The first-order chi connectivity index (χ1) is 15.3. The summed E-state index contributed by atoms with van der Waals surface area (Å²) >= 11 is 0. The van der Waals surface area contributed by atoms with Gasteiger partial charge in [-0.05, 0) is 11.6 Å². The van der Waals surface area contributed by atoms with E-state index in [9.17, 15) is 10.1 Å². The third-order valence-electron chi connectivity index (χ3n) is 5.30. The number of aromatic nitrogens is 1. The molecule has 3 N–H and O–H groups in total. The first-order valence-corrected chi connectivity index (χ1v) is 10.0. The number of aromatic amines is 1. The minimum absolute atomic E-state index is 0.216. The van der Waals surface area contributed by atoms with E-state index in [4.69, 9.17) is 19.8 Å². The number of nitrogens with zero attached hydrogens (tertiary/aromatic N) is 3. The van der Waals surface area contributed by atoms with Gasteiger partial charge in [-0.25, -0.2) is 9.59 Å². The first kappa shape index (κ1) is 22.9. The van der Waals surface area contributed by atoms with Crippen molar-refractivity contribution in [3.63, 3.8) is 0 Å². The molecule has 0 unspecified atom stereocenters. The van der Waals surface area contributed by atoms with Crippen LogP contribution in [0.5, 0.6) is 0 Å². The number of nitrogens with one attached hydrogen (secondary N) is 1. The summed E-state index contributed by atoms with van der Waals surface area (Å²) in [6, 6.07) is 15.4. The van der Waals surface area contributed by atoms with E-state index in [0.29, 0.717) is 6.54 Å². The molecular weight excluding hydrogens is 416 g/mol. The van der Waals surface area contributed by atoms with Crippen molar-refractivity contribution in [3.8, 4) is 0 Å². The normalized spacial score (nSPS) is 14.5. The summed E-state index contributed by atoms with van der Waals surface area (Å²) in [4.78, 5) is 37.2. The lowest BCUT2D eigenvalue weighted by Crippen LogP contribution is -2.45. The second kappa shape index (κ2) is 10.5. The third kappa shape index (κ3) is 5.90. The van der Waals surface area contributed by atoms with Crippen LogP contribution in [0, 0.1) is 10.1 Å². The Bertz CT molecular complexity index is 1090. The highest BCUT2D eigenvalue weighted by atomic mass is 16.6. The maximum atomic E-state index is 11.2. The van der Waals surface area contributed by atoms with Crippen LogP contribution in [-0.4, -0.2) is 68.0 Å². The molecule has 1 aliphatic rings. The van der Waals surface area contributed by atoms with E-state index in [1.807, 2.05) is 18.2 Å². The number of para-hydroxylation sites is 2. The van der Waals surface area contributed by atoms with Crippen LogP contribution in [0.4, 0.5) is 5.69 Å². The van der Waals surface area contributed by atoms with Crippen molar-refractivity contribution in [3.05, 3.63) is 76.0 Å². The number of rotatable bonds is 5. The van der Waals surface area contributed by atoms with E-state index in [1.54, 1.807) is 12.1 Å². The van der Waals surface area contributed by atoms with Crippen LogP contribution in [0.3, 0.4) is 0 Å². The van der Waals surface area contributed by atoms with Gasteiger partial charge in [0.15, 0.2) is 0 Å². The second-order valence-electron chi connectivity index (χ2n) is 7.41. The standard InChI is InChI=1S/C20H22N4O2.C2H2O4/c25-24(26)20-8-4-1-5-16(20)14-22-9-11-23(12-10-22)15-17-13-21-19-7-3-2-6-18(17)19;3-1(4)2(5)6/h1-8,13,21H,9-12,14-15H2;(H,3,4)(H,5,6). The molecule has 3 aromatic rings. The monoisotopic (exact) mass is 440 g/mol. The highest BCUT2D eigenvalue weighted by molar-refractivity contribution is 6.27. The minimum Gasteiger partial charge on any atom is -0.473 e. The van der Waals surface area contributed by atoms with E-state index < -0.39 is 11.9 Å². The molecule has 10 heteroatoms. The predicted octanol–water partition coefficient (Wildman–Crippen LogP) is 2.55. The average Bonchev–Trinajstić information content (AvgIpc) is 3.18. The van der Waals surface area contributed by atoms with Gasteiger partial charge in [0.2, 0.25) is 0 Å². The fourth-order valence-corrected chi connectivity index (χ4v) is 3.67. The van der Waals surface area contributed by atoms with Crippen molar-refractivity contribution in [2.75, 3.05) is 26.2 Å². The molecule has 0 radical (unpaired) electrons. The summed E-state index contributed by atoms with van der Waals surface area (Å²) in [5.74, 6) is -3.65. The van der Waals surface area contributed by atoms with E-state index in [0.717, 1.165) is 38.3 Å². The molecule has 0 amide bonds. The zero-order chi connectivity index (χ0) is 23.1. The molecule has 2 aromatic carbocycles. The van der Waals surface area contributed by atoms with Gasteiger partial charge in [-0.1, -0.05) is 36.4 Å². The van der Waals surface area contributed by atoms with Gasteiger partial charge in [0, 0.05) is 68.0 Å². The highest BCUT2D eigenvalue weighted by Gasteiger charge is 2.21. The molecule has 4 rings (SSSR count). The molecule has 0 bridgehead atoms. The Kier molecular flexibility index (Phi) is 7.53. The van der Waals surface area contributed by atoms with Crippen molar-refractivity contribution in [2.24, 2.45) is 0 Å². The Balaban J connectivity index is 0.000000427. The van der Waals surface area contributed by atoms with Crippen LogP contribution in [0.2, 0.25) is 0 Å². The van der Waals surface area contributed by atoms with E-state index >= 15 is 0 Å². The number of nitro benzene ring substituents is 1. The molecule has 1 aliphatic heterocycles. The topological polar surface area (TPSA) is 140 Å². The van der Waals surface area contributed by atoms with Gasteiger partial charge in [0.1, 0.15) is 0 Å². The minimum atomic E-state index is -1.82. The first-order valence-electron chi connectivity index (χ1n) is 10.0. The molecule has 1 aromatic heterocycles. The smallest absolute Gasteiger partial charge is 0.414 e. The van der Waals surface area contributed by atoms with Gasteiger partial charge in [-0.2, -0.15) is 0 Å². The highest BCUT2D eigenvalue weighted by Crippen LogP contribution is 2.22. The Morgan fingerprint density at radius 2 is 1.41 bits per heavy atom. The molecule has 0 atom stereocenters. The number of piperazine rings is 1. The lowest BCUT2D eigenvalue weighted by atomic mass is 10.1. The number of nitro groups is 1. The Labute approximate surface area is 183 Å². The fraction of sp³-hybridized carbons (Fsp3) is 0.273. The number of carboxylic acids is 2. The number of carboxylic acid groups (broad SMARTS) is 2. The number of hydrogen-bond acceptors (Lipinski definition) is 6. The summed E-state index contributed by atoms with van der Waals surface area (Å²) in [5, 5.41) is 27.2. The molecule has 2 heterocycles. The SMILES string of the molecule is O=C(O)C(=O)O.O=[N+]([O-])c1ccccc1CN1CCN(Cc2c[nH]c3ccccc23)CC1. The molecule has 1 saturated heterocycles. The van der Waals surface area contributed by atoms with Crippen LogP contribution in [0.15, 0.2) is 54.7 Å². The molecular formula is C22H24N4O6. The Hall–Kier alpha value is -3.76. The molecule has 0 aliphatic carbocycles. The van der Waals surface area contributed by atoms with Gasteiger partial charge in [0.25, 0.3) is 5.69 Å². The van der Waals surface area contributed by atoms with Crippen molar-refractivity contribution in [2.45, 2.75) is 13.1 Å². The number of carbonyl (C=O) groups is 2. The lowest BCUT2D eigenvalue weighted by Gasteiger charge is -2.34.